The average molecular weight is 154 g/mol. The Hall–Kier alpha value is -1.39. The molecular formula is C6H8N3O2. The normalized spacial score (nSPS) is 14.1. The number of hydrogen-bond acceptors (Lipinski definition) is 4. The van der Waals surface area contributed by atoms with Crippen molar-refractivity contribution in [2.45, 2.75) is 13.3 Å². The van der Waals surface area contributed by atoms with Gasteiger partial charge in [0.2, 0.25) is 0 Å². The van der Waals surface area contributed by atoms with Crippen LogP contribution in [-0.4, -0.2) is 12.6 Å². The molecule has 0 aromatic carbocycles. The fourth-order valence-corrected chi connectivity index (χ4v) is 0.642. The highest BCUT2D eigenvalue weighted by Gasteiger charge is 2.08. The predicted octanol–water partition coefficient (Wildman–Crippen LogP) is 0.766. The Morgan fingerprint density at radius 2 is 2.55 bits per heavy atom. The van der Waals surface area contributed by atoms with Crippen LogP contribution in [0.2, 0.25) is 0 Å². The van der Waals surface area contributed by atoms with E-state index in [-0.39, 0.29) is 12.4 Å². The van der Waals surface area contributed by atoms with Crippen LogP contribution in [0.4, 0.5) is 0 Å². The summed E-state index contributed by atoms with van der Waals surface area (Å²) in [4.78, 5) is 10.8. The number of ether oxygens (including phenoxy) is 1. The van der Waals surface area contributed by atoms with Crippen LogP contribution in [0.5, 0.6) is 0 Å². The predicted molar refractivity (Wildman–Crippen MR) is 36.3 cm³/mol. The zero-order chi connectivity index (χ0) is 8.10. The van der Waals surface area contributed by atoms with Crippen molar-refractivity contribution in [2.75, 3.05) is 6.61 Å². The fourth-order valence-electron chi connectivity index (χ4n) is 0.642. The molecule has 0 aromatic rings. The molecule has 59 valence electrons. The number of carbonyl (C=O) groups is 1. The molecule has 0 amide bonds. The van der Waals surface area contributed by atoms with Crippen LogP contribution in [0.1, 0.15) is 13.3 Å². The molecule has 0 spiro atoms. The van der Waals surface area contributed by atoms with E-state index < -0.39 is 0 Å². The molecule has 0 aromatic heterocycles. The van der Waals surface area contributed by atoms with Gasteiger partial charge in [-0.05, 0) is 12.1 Å². The smallest absolute Gasteiger partial charge is 0.311 e. The Labute approximate surface area is 64.1 Å². The first kappa shape index (κ1) is 7.71. The first-order valence-corrected chi connectivity index (χ1v) is 3.28. The second kappa shape index (κ2) is 3.70. The molecule has 0 atom stereocenters. The van der Waals surface area contributed by atoms with Crippen LogP contribution in [-0.2, 0) is 9.53 Å². The van der Waals surface area contributed by atoms with E-state index in [1.807, 2.05) is 0 Å². The first-order valence-electron chi connectivity index (χ1n) is 3.28. The van der Waals surface area contributed by atoms with E-state index in [0.29, 0.717) is 12.3 Å². The lowest BCUT2D eigenvalue weighted by Crippen LogP contribution is -2.03. The van der Waals surface area contributed by atoms with Crippen molar-refractivity contribution in [3.05, 3.63) is 11.9 Å². The molecule has 1 aliphatic heterocycles. The second-order valence-electron chi connectivity index (χ2n) is 1.91. The fraction of sp³-hybridized carbons (Fsp3) is 0.500. The molecule has 1 heterocycles. The summed E-state index contributed by atoms with van der Waals surface area (Å²) in [6.45, 7) is 2.15. The third-order valence-corrected chi connectivity index (χ3v) is 1.06. The van der Waals surface area contributed by atoms with Gasteiger partial charge in [0.25, 0.3) is 0 Å². The monoisotopic (exact) mass is 154 g/mol. The molecule has 0 aliphatic carbocycles. The third kappa shape index (κ3) is 2.37. The Kier molecular flexibility index (Phi) is 2.59. The zero-order valence-electron chi connectivity index (χ0n) is 6.15. The molecule has 0 unspecified atom stereocenters. The van der Waals surface area contributed by atoms with Crippen molar-refractivity contribution in [3.63, 3.8) is 0 Å². The Morgan fingerprint density at radius 1 is 1.73 bits per heavy atom. The highest BCUT2D eigenvalue weighted by Crippen LogP contribution is 2.08. The SMILES string of the molecule is CCOC(=O)CC1=C[N]N=N1. The summed E-state index contributed by atoms with van der Waals surface area (Å²) in [5.74, 6) is -0.296. The van der Waals surface area contributed by atoms with Gasteiger partial charge in [0.15, 0.2) is 0 Å². The van der Waals surface area contributed by atoms with Gasteiger partial charge >= 0.3 is 5.97 Å². The lowest BCUT2D eigenvalue weighted by Gasteiger charge is -1.97. The molecule has 1 rings (SSSR count). The van der Waals surface area contributed by atoms with Crippen molar-refractivity contribution in [1.82, 2.24) is 5.43 Å². The maximum Gasteiger partial charge on any atom is 0.311 e. The molecule has 1 radical (unpaired) electrons. The van der Waals surface area contributed by atoms with Crippen molar-refractivity contribution < 1.29 is 9.53 Å². The third-order valence-electron chi connectivity index (χ3n) is 1.06. The van der Waals surface area contributed by atoms with E-state index in [1.165, 1.54) is 6.20 Å². The molecule has 0 saturated heterocycles. The molecule has 5 nitrogen and oxygen atoms in total. The van der Waals surface area contributed by atoms with E-state index >= 15 is 0 Å². The van der Waals surface area contributed by atoms with E-state index in [9.17, 15) is 4.79 Å². The summed E-state index contributed by atoms with van der Waals surface area (Å²) >= 11 is 0. The first-order chi connectivity index (χ1) is 5.33. The summed E-state index contributed by atoms with van der Waals surface area (Å²) in [7, 11) is 0. The molecule has 11 heavy (non-hydrogen) atoms. The molecule has 0 bridgehead atoms. The number of rotatable bonds is 3. The van der Waals surface area contributed by atoms with Gasteiger partial charge in [-0.3, -0.25) is 4.79 Å². The minimum Gasteiger partial charge on any atom is -0.466 e. The maximum absolute atomic E-state index is 10.8. The van der Waals surface area contributed by atoms with E-state index in [1.54, 1.807) is 6.92 Å². The Bertz CT molecular complexity index is 210. The quantitative estimate of drug-likeness (QED) is 0.563. The highest BCUT2D eigenvalue weighted by molar-refractivity contribution is 5.72. The summed E-state index contributed by atoms with van der Waals surface area (Å²) in [6, 6.07) is 0. The van der Waals surface area contributed by atoms with Crippen LogP contribution in [0.25, 0.3) is 0 Å². The Morgan fingerprint density at radius 3 is 3.09 bits per heavy atom. The second-order valence-corrected chi connectivity index (χ2v) is 1.91. The van der Waals surface area contributed by atoms with E-state index in [4.69, 9.17) is 0 Å². The van der Waals surface area contributed by atoms with Crippen LogP contribution >= 0.6 is 0 Å². The van der Waals surface area contributed by atoms with Gasteiger partial charge in [-0.1, -0.05) is 0 Å². The molecular weight excluding hydrogens is 146 g/mol. The minimum absolute atomic E-state index is 0.154. The molecule has 0 N–H and O–H groups in total. The summed E-state index contributed by atoms with van der Waals surface area (Å²) < 4.78 is 4.68. The van der Waals surface area contributed by atoms with Crippen molar-refractivity contribution in [2.24, 2.45) is 10.3 Å². The highest BCUT2D eigenvalue weighted by atomic mass is 16.5. The minimum atomic E-state index is -0.296. The van der Waals surface area contributed by atoms with Gasteiger partial charge in [-0.2, -0.15) is 0 Å². The lowest BCUT2D eigenvalue weighted by atomic mass is 10.3. The van der Waals surface area contributed by atoms with Gasteiger partial charge in [0.1, 0.15) is 0 Å². The summed E-state index contributed by atoms with van der Waals surface area (Å²) in [5.41, 5.74) is 4.01. The van der Waals surface area contributed by atoms with Crippen molar-refractivity contribution in [3.8, 4) is 0 Å². The molecule has 5 heteroatoms. The summed E-state index contributed by atoms with van der Waals surface area (Å²) in [6.07, 6.45) is 1.59. The topological polar surface area (TPSA) is 65.1 Å². The van der Waals surface area contributed by atoms with E-state index in [0.717, 1.165) is 0 Å². The zero-order valence-corrected chi connectivity index (χ0v) is 6.15. The van der Waals surface area contributed by atoms with Crippen LogP contribution in [0.15, 0.2) is 22.2 Å². The number of nitrogens with zero attached hydrogens (tertiary/aromatic N) is 3. The largest absolute Gasteiger partial charge is 0.466 e. The van der Waals surface area contributed by atoms with Gasteiger partial charge in [-0.25, -0.2) is 0 Å². The van der Waals surface area contributed by atoms with Gasteiger partial charge in [-0.15, -0.1) is 10.5 Å². The number of hydrogen-bond donors (Lipinski definition) is 0. The lowest BCUT2D eigenvalue weighted by molar-refractivity contribution is -0.142. The van der Waals surface area contributed by atoms with Gasteiger partial charge in [0, 0.05) is 0 Å². The molecule has 0 saturated carbocycles. The van der Waals surface area contributed by atoms with Crippen LogP contribution in [0.3, 0.4) is 0 Å². The molecule has 1 aliphatic rings. The van der Waals surface area contributed by atoms with E-state index in [2.05, 4.69) is 20.5 Å². The number of esters is 1. The Balaban J connectivity index is 2.30. The maximum atomic E-state index is 10.8. The number of carbonyl (C=O) groups excluding carboxylic acids is 1. The van der Waals surface area contributed by atoms with Crippen LogP contribution < -0.4 is 5.43 Å². The average Bonchev–Trinajstić information content (AvgIpc) is 2.40. The van der Waals surface area contributed by atoms with Crippen molar-refractivity contribution >= 4 is 5.97 Å². The molecule has 0 fully saturated rings. The van der Waals surface area contributed by atoms with Gasteiger partial charge < -0.3 is 4.74 Å². The van der Waals surface area contributed by atoms with Crippen LogP contribution in [0, 0.1) is 0 Å². The van der Waals surface area contributed by atoms with Gasteiger partial charge in [0.05, 0.1) is 24.9 Å². The standard InChI is InChI=1S/C6H8N3O2/c1-2-11-6(10)3-5-4-7-9-8-5/h4H,2-3H2,1H3. The summed E-state index contributed by atoms with van der Waals surface area (Å²) in [5, 5.41) is 6.90. The van der Waals surface area contributed by atoms with Crippen molar-refractivity contribution in [1.29, 1.82) is 0 Å².